The van der Waals surface area contributed by atoms with Crippen molar-refractivity contribution in [3.8, 4) is 17.2 Å². The average Bonchev–Trinajstić information content (AvgIpc) is 2.89. The van der Waals surface area contributed by atoms with Crippen molar-refractivity contribution in [1.29, 1.82) is 0 Å². The first-order valence-electron chi connectivity index (χ1n) is 13.6. The van der Waals surface area contributed by atoms with E-state index in [1.165, 1.54) is 18.1 Å². The summed E-state index contributed by atoms with van der Waals surface area (Å²) in [4.78, 5) is 22.6. The van der Waals surface area contributed by atoms with Crippen LogP contribution in [0.1, 0.15) is 75.8 Å². The Morgan fingerprint density at radius 3 is 2.26 bits per heavy atom. The highest BCUT2D eigenvalue weighted by atomic mass is 35.5. The number of carbonyl (C=O) groups excluding carboxylic acids is 2. The lowest BCUT2D eigenvalue weighted by molar-refractivity contribution is -0.110. The maximum atomic E-state index is 11.3. The lowest BCUT2D eigenvalue weighted by atomic mass is 9.98. The number of thioether (sulfide) groups is 1. The number of hydrogen-bond donors (Lipinski definition) is 0. The van der Waals surface area contributed by atoms with Gasteiger partial charge in [0.25, 0.3) is 0 Å². The van der Waals surface area contributed by atoms with Crippen LogP contribution in [0.25, 0.3) is 0 Å². The lowest BCUT2D eigenvalue weighted by Gasteiger charge is -2.14. The second kappa shape index (κ2) is 17.8. The minimum atomic E-state index is -0.555. The molecule has 6 heteroatoms. The highest BCUT2D eigenvalue weighted by Gasteiger charge is 2.15. The van der Waals surface area contributed by atoms with Gasteiger partial charge in [-0.1, -0.05) is 87.8 Å². The van der Waals surface area contributed by atoms with Gasteiger partial charge in [-0.05, 0) is 84.7 Å². The Morgan fingerprint density at radius 2 is 1.64 bits per heavy atom. The van der Waals surface area contributed by atoms with E-state index in [4.69, 9.17) is 21.1 Å². The maximum Gasteiger partial charge on any atom is 0.186 e. The van der Waals surface area contributed by atoms with E-state index in [2.05, 4.69) is 39.8 Å². The van der Waals surface area contributed by atoms with Crippen molar-refractivity contribution in [3.05, 3.63) is 88.4 Å². The van der Waals surface area contributed by atoms with Gasteiger partial charge in [0.05, 0.1) is 16.9 Å². The minimum absolute atomic E-state index is 0.112. The molecular weight excluding hydrogens is 528 g/mol. The molecule has 3 aromatic rings. The first kappa shape index (κ1) is 32.5. The zero-order valence-electron chi connectivity index (χ0n) is 23.7. The van der Waals surface area contributed by atoms with Crippen LogP contribution in [0.3, 0.4) is 0 Å². The number of ether oxygens (including phenoxy) is 2. The number of hydrogen-bond acceptors (Lipinski definition) is 5. The van der Waals surface area contributed by atoms with Gasteiger partial charge in [-0.15, -0.1) is 0 Å². The summed E-state index contributed by atoms with van der Waals surface area (Å²) in [6.45, 7) is 10.7. The van der Waals surface area contributed by atoms with Crippen molar-refractivity contribution >= 4 is 34.8 Å². The van der Waals surface area contributed by atoms with E-state index in [9.17, 15) is 9.59 Å². The Kier molecular flexibility index (Phi) is 14.8. The summed E-state index contributed by atoms with van der Waals surface area (Å²) in [7, 11) is 0. The molecule has 0 amide bonds. The van der Waals surface area contributed by atoms with Crippen LogP contribution in [0, 0.1) is 5.92 Å². The average molecular weight is 569 g/mol. The second-order valence-electron chi connectivity index (χ2n) is 9.99. The summed E-state index contributed by atoms with van der Waals surface area (Å²) in [6, 6.07) is 21.4. The molecule has 0 spiro atoms. The van der Waals surface area contributed by atoms with Crippen LogP contribution in [0.5, 0.6) is 17.2 Å². The molecule has 3 rings (SSSR count). The SMILES string of the molecule is CC(C)C.CCCc1cc(Oc2ccccc2)ccc1CCCCOc1ccc(C(C=O)SC(C)=O)cc1Cl. The standard InChI is InChI=1S/C29H31ClO4S.C4H10/c1-3-9-23-18-26(34-25-11-5-4-6-12-25)15-13-22(23)10-7-8-17-33-28-16-14-24(19-27(28)30)29(20-31)35-21(2)32;1-4(2)3/h4-6,11-16,18-20,29H,3,7-10,17H2,1-2H3;4H,1-3H3. The van der Waals surface area contributed by atoms with E-state index in [1.54, 1.807) is 18.2 Å². The molecule has 4 nitrogen and oxygen atoms in total. The number of benzene rings is 3. The highest BCUT2D eigenvalue weighted by Crippen LogP contribution is 2.33. The van der Waals surface area contributed by atoms with Crippen molar-refractivity contribution in [2.24, 2.45) is 5.92 Å². The van der Waals surface area contributed by atoms with Gasteiger partial charge in [-0.3, -0.25) is 4.79 Å². The lowest BCUT2D eigenvalue weighted by Crippen LogP contribution is -2.02. The van der Waals surface area contributed by atoms with E-state index >= 15 is 0 Å². The van der Waals surface area contributed by atoms with Crippen LogP contribution >= 0.6 is 23.4 Å². The largest absolute Gasteiger partial charge is 0.492 e. The van der Waals surface area contributed by atoms with Crippen LogP contribution in [0.2, 0.25) is 5.02 Å². The third kappa shape index (κ3) is 12.3. The normalized spacial score (nSPS) is 11.4. The zero-order chi connectivity index (χ0) is 28.6. The van der Waals surface area contributed by atoms with Crippen molar-refractivity contribution in [2.45, 2.75) is 72.0 Å². The molecule has 0 radical (unpaired) electrons. The van der Waals surface area contributed by atoms with E-state index in [0.717, 1.165) is 67.6 Å². The number of halogens is 1. The molecule has 1 atom stereocenters. The molecule has 0 heterocycles. The smallest absolute Gasteiger partial charge is 0.186 e. The van der Waals surface area contributed by atoms with Crippen LogP contribution in [0.15, 0.2) is 66.7 Å². The van der Waals surface area contributed by atoms with E-state index in [0.29, 0.717) is 22.9 Å². The predicted molar refractivity (Wildman–Crippen MR) is 164 cm³/mol. The van der Waals surface area contributed by atoms with Crippen molar-refractivity contribution < 1.29 is 19.1 Å². The Hall–Kier alpha value is -2.76. The number of carbonyl (C=O) groups is 2. The Balaban J connectivity index is 0.00000124. The van der Waals surface area contributed by atoms with Crippen molar-refractivity contribution in [1.82, 2.24) is 0 Å². The third-order valence-electron chi connectivity index (χ3n) is 5.47. The summed E-state index contributed by atoms with van der Waals surface area (Å²) < 4.78 is 11.9. The van der Waals surface area contributed by atoms with Gasteiger partial charge in [0.15, 0.2) is 5.12 Å². The topological polar surface area (TPSA) is 52.6 Å². The van der Waals surface area contributed by atoms with Crippen molar-refractivity contribution in [2.75, 3.05) is 6.61 Å². The summed E-state index contributed by atoms with van der Waals surface area (Å²) in [5.41, 5.74) is 3.37. The van der Waals surface area contributed by atoms with Crippen LogP contribution < -0.4 is 9.47 Å². The zero-order valence-corrected chi connectivity index (χ0v) is 25.3. The summed E-state index contributed by atoms with van der Waals surface area (Å²) in [5, 5.41) is -0.224. The number of rotatable bonds is 13. The van der Waals surface area contributed by atoms with Crippen molar-refractivity contribution in [3.63, 3.8) is 0 Å². The number of aldehydes is 1. The Bertz CT molecular complexity index is 1160. The minimum Gasteiger partial charge on any atom is -0.492 e. The molecule has 0 bridgehead atoms. The maximum absolute atomic E-state index is 11.3. The molecule has 0 aromatic heterocycles. The molecule has 1 unspecified atom stereocenters. The molecule has 0 aliphatic rings. The van der Waals surface area contributed by atoms with Crippen LogP contribution in [-0.2, 0) is 22.4 Å². The molecular formula is C33H41ClO4S. The van der Waals surface area contributed by atoms with Gasteiger partial charge < -0.3 is 14.3 Å². The molecule has 0 saturated heterocycles. The summed E-state index contributed by atoms with van der Waals surface area (Å²) in [6.07, 6.45) is 5.71. The fourth-order valence-electron chi connectivity index (χ4n) is 3.80. The molecule has 0 saturated carbocycles. The van der Waals surface area contributed by atoms with E-state index in [-0.39, 0.29) is 5.12 Å². The first-order chi connectivity index (χ1) is 18.7. The monoisotopic (exact) mass is 568 g/mol. The highest BCUT2D eigenvalue weighted by molar-refractivity contribution is 8.14. The summed E-state index contributed by atoms with van der Waals surface area (Å²) >= 11 is 7.34. The van der Waals surface area contributed by atoms with E-state index in [1.807, 2.05) is 36.4 Å². The van der Waals surface area contributed by atoms with Gasteiger partial charge in [0, 0.05) is 6.92 Å². The Morgan fingerprint density at radius 1 is 0.923 bits per heavy atom. The van der Waals surface area contributed by atoms with Gasteiger partial charge in [-0.25, -0.2) is 0 Å². The number of para-hydroxylation sites is 1. The summed E-state index contributed by atoms with van der Waals surface area (Å²) in [5.74, 6) is 3.12. The number of unbranched alkanes of at least 4 members (excludes halogenated alkanes) is 1. The van der Waals surface area contributed by atoms with Gasteiger partial charge in [0.2, 0.25) is 0 Å². The predicted octanol–water partition coefficient (Wildman–Crippen LogP) is 9.67. The molecule has 0 aliphatic heterocycles. The van der Waals surface area contributed by atoms with Crippen LogP contribution in [0.4, 0.5) is 0 Å². The molecule has 210 valence electrons. The fourth-order valence-corrected chi connectivity index (χ4v) is 4.74. The van der Waals surface area contributed by atoms with Gasteiger partial charge in [-0.2, -0.15) is 0 Å². The van der Waals surface area contributed by atoms with Crippen LogP contribution in [-0.4, -0.2) is 18.0 Å². The quantitative estimate of drug-likeness (QED) is 0.152. The molecule has 39 heavy (non-hydrogen) atoms. The molecule has 0 N–H and O–H groups in total. The fraction of sp³-hybridized carbons (Fsp3) is 0.394. The van der Waals surface area contributed by atoms with E-state index < -0.39 is 5.25 Å². The molecule has 0 fully saturated rings. The molecule has 0 aliphatic carbocycles. The second-order valence-corrected chi connectivity index (χ2v) is 11.7. The number of aryl methyl sites for hydroxylation is 2. The molecule has 3 aromatic carbocycles. The van der Waals surface area contributed by atoms with Gasteiger partial charge in [0.1, 0.15) is 23.5 Å². The Labute approximate surface area is 243 Å². The first-order valence-corrected chi connectivity index (χ1v) is 14.9. The van der Waals surface area contributed by atoms with Gasteiger partial charge >= 0.3 is 0 Å². The third-order valence-corrected chi connectivity index (χ3v) is 6.74.